The Morgan fingerprint density at radius 1 is 1.20 bits per heavy atom. The number of hydrogen-bond donors (Lipinski definition) is 1. The van der Waals surface area contributed by atoms with Gasteiger partial charge in [0, 0.05) is 17.0 Å². The summed E-state index contributed by atoms with van der Waals surface area (Å²) in [5.41, 5.74) is 2.21. The number of halogens is 2. The van der Waals surface area contributed by atoms with Crippen LogP contribution >= 0.6 is 22.9 Å². The van der Waals surface area contributed by atoms with Crippen LogP contribution in [0.25, 0.3) is 0 Å². The number of piperidine rings is 1. The minimum absolute atomic E-state index is 0.0129. The smallest absolute Gasteiger partial charge is 0.230 e. The van der Waals surface area contributed by atoms with Crippen molar-refractivity contribution in [2.45, 2.75) is 25.8 Å². The van der Waals surface area contributed by atoms with E-state index in [9.17, 15) is 14.0 Å². The van der Waals surface area contributed by atoms with E-state index in [4.69, 9.17) is 11.6 Å². The monoisotopic (exact) mass is 442 g/mol. The Morgan fingerprint density at radius 2 is 1.97 bits per heavy atom. The molecule has 0 radical (unpaired) electrons. The van der Waals surface area contributed by atoms with E-state index in [1.54, 1.807) is 4.90 Å². The summed E-state index contributed by atoms with van der Waals surface area (Å²) < 4.78 is 13.4. The molecular weight excluding hydrogens is 423 g/mol. The molecule has 30 heavy (non-hydrogen) atoms. The molecule has 7 heteroatoms. The van der Waals surface area contributed by atoms with E-state index in [0.29, 0.717) is 12.1 Å². The Kier molecular flexibility index (Phi) is 5.88. The quantitative estimate of drug-likeness (QED) is 0.541. The zero-order valence-corrected chi connectivity index (χ0v) is 17.8. The maximum atomic E-state index is 13.4. The molecule has 154 valence electrons. The average Bonchev–Trinajstić information content (AvgIpc) is 3.25. The molecule has 2 atom stereocenters. The number of amides is 2. The Bertz CT molecular complexity index is 1070. The van der Waals surface area contributed by atoms with Gasteiger partial charge in [-0.2, -0.15) is 0 Å². The molecule has 1 N–H and O–H groups in total. The molecule has 0 bridgehead atoms. The van der Waals surface area contributed by atoms with Crippen LogP contribution in [-0.2, 0) is 9.59 Å². The summed E-state index contributed by atoms with van der Waals surface area (Å²) in [6, 6.07) is 15.0. The van der Waals surface area contributed by atoms with Crippen LogP contribution in [0.5, 0.6) is 0 Å². The van der Waals surface area contributed by atoms with E-state index in [-0.39, 0.29) is 23.3 Å². The second-order valence-corrected chi connectivity index (χ2v) is 8.70. The van der Waals surface area contributed by atoms with E-state index in [0.717, 1.165) is 22.2 Å². The summed E-state index contributed by atoms with van der Waals surface area (Å²) in [5.74, 6) is -1.19. The van der Waals surface area contributed by atoms with Crippen molar-refractivity contribution in [2.75, 3.05) is 10.2 Å². The zero-order valence-electron chi connectivity index (χ0n) is 16.3. The van der Waals surface area contributed by atoms with Gasteiger partial charge in [-0.1, -0.05) is 35.4 Å². The third-order valence-corrected chi connectivity index (χ3v) is 6.53. The molecule has 4 rings (SSSR count). The molecule has 3 aromatic rings. The standard InChI is InChI=1S/C23H20ClFN2O2S/c1-14-4-7-16(8-5-14)27-21(28)11-9-17(22(27)20-3-2-12-30-20)23(29)26-19-10-6-15(25)13-18(19)24/h2-8,10,12-13,17,22H,9,11H2,1H3,(H,26,29). The molecule has 1 aromatic heterocycles. The summed E-state index contributed by atoms with van der Waals surface area (Å²) in [5, 5.41) is 4.90. The first-order chi connectivity index (χ1) is 14.4. The zero-order chi connectivity index (χ0) is 21.3. The summed E-state index contributed by atoms with van der Waals surface area (Å²) in [7, 11) is 0. The fourth-order valence-corrected chi connectivity index (χ4v) is 4.87. The van der Waals surface area contributed by atoms with Crippen molar-refractivity contribution in [3.63, 3.8) is 0 Å². The molecule has 4 nitrogen and oxygen atoms in total. The second kappa shape index (κ2) is 8.58. The van der Waals surface area contributed by atoms with Crippen LogP contribution in [0.1, 0.15) is 29.3 Å². The lowest BCUT2D eigenvalue weighted by molar-refractivity contribution is -0.125. The molecule has 1 fully saturated rings. The van der Waals surface area contributed by atoms with E-state index in [1.165, 1.54) is 23.5 Å². The Balaban J connectivity index is 1.70. The third-order valence-electron chi connectivity index (χ3n) is 5.27. The van der Waals surface area contributed by atoms with Crippen LogP contribution in [0, 0.1) is 18.7 Å². The predicted molar refractivity (Wildman–Crippen MR) is 118 cm³/mol. The normalized spacial score (nSPS) is 19.0. The number of hydrogen-bond acceptors (Lipinski definition) is 3. The molecule has 1 aliphatic heterocycles. The van der Waals surface area contributed by atoms with Gasteiger partial charge in [-0.05, 0) is 55.1 Å². The van der Waals surface area contributed by atoms with Gasteiger partial charge >= 0.3 is 0 Å². The molecular formula is C23H20ClFN2O2S. The lowest BCUT2D eigenvalue weighted by Gasteiger charge is -2.40. The summed E-state index contributed by atoms with van der Waals surface area (Å²) in [6.07, 6.45) is 0.694. The topological polar surface area (TPSA) is 49.4 Å². The van der Waals surface area contributed by atoms with Gasteiger partial charge in [0.15, 0.2) is 0 Å². The first kappa shape index (κ1) is 20.6. The van der Waals surface area contributed by atoms with E-state index >= 15 is 0 Å². The maximum Gasteiger partial charge on any atom is 0.230 e. The van der Waals surface area contributed by atoms with Gasteiger partial charge in [0.25, 0.3) is 0 Å². The Labute approximate surface area is 183 Å². The van der Waals surface area contributed by atoms with Crippen molar-refractivity contribution in [1.82, 2.24) is 0 Å². The van der Waals surface area contributed by atoms with Gasteiger partial charge in [-0.3, -0.25) is 9.59 Å². The number of carbonyl (C=O) groups is 2. The highest BCUT2D eigenvalue weighted by Crippen LogP contribution is 2.42. The molecule has 0 spiro atoms. The lowest BCUT2D eigenvalue weighted by Crippen LogP contribution is -2.46. The summed E-state index contributed by atoms with van der Waals surface area (Å²) in [6.45, 7) is 1.99. The minimum Gasteiger partial charge on any atom is -0.324 e. The average molecular weight is 443 g/mol. The van der Waals surface area contributed by atoms with Crippen LogP contribution < -0.4 is 10.2 Å². The number of aryl methyl sites for hydroxylation is 1. The van der Waals surface area contributed by atoms with Crippen molar-refractivity contribution >= 4 is 46.1 Å². The van der Waals surface area contributed by atoms with Crippen molar-refractivity contribution in [3.05, 3.63) is 81.3 Å². The van der Waals surface area contributed by atoms with Crippen molar-refractivity contribution < 1.29 is 14.0 Å². The fourth-order valence-electron chi connectivity index (χ4n) is 3.78. The first-order valence-electron chi connectivity index (χ1n) is 9.62. The van der Waals surface area contributed by atoms with Crippen LogP contribution in [-0.4, -0.2) is 11.8 Å². The van der Waals surface area contributed by atoms with Gasteiger partial charge in [0.1, 0.15) is 5.82 Å². The fraction of sp³-hybridized carbons (Fsp3) is 0.217. The highest BCUT2D eigenvalue weighted by molar-refractivity contribution is 7.10. The van der Waals surface area contributed by atoms with Crippen molar-refractivity contribution in [2.24, 2.45) is 5.92 Å². The molecule has 1 saturated heterocycles. The van der Waals surface area contributed by atoms with Crippen LogP contribution in [0.4, 0.5) is 15.8 Å². The number of anilines is 2. The molecule has 2 amide bonds. The lowest BCUT2D eigenvalue weighted by atomic mass is 9.86. The van der Waals surface area contributed by atoms with Gasteiger partial charge in [0.2, 0.25) is 11.8 Å². The summed E-state index contributed by atoms with van der Waals surface area (Å²) in [4.78, 5) is 28.9. The maximum absolute atomic E-state index is 13.4. The highest BCUT2D eigenvalue weighted by Gasteiger charge is 2.42. The molecule has 2 unspecified atom stereocenters. The van der Waals surface area contributed by atoms with E-state index < -0.39 is 17.8 Å². The van der Waals surface area contributed by atoms with Crippen LogP contribution in [0.3, 0.4) is 0 Å². The van der Waals surface area contributed by atoms with Crippen LogP contribution in [0.15, 0.2) is 60.0 Å². The Morgan fingerprint density at radius 3 is 2.63 bits per heavy atom. The SMILES string of the molecule is Cc1ccc(N2C(=O)CCC(C(=O)Nc3ccc(F)cc3Cl)C2c2cccs2)cc1. The number of nitrogens with zero attached hydrogens (tertiary/aromatic N) is 1. The van der Waals surface area contributed by atoms with Gasteiger partial charge < -0.3 is 10.2 Å². The van der Waals surface area contributed by atoms with E-state index in [2.05, 4.69) is 5.32 Å². The first-order valence-corrected chi connectivity index (χ1v) is 10.9. The second-order valence-electron chi connectivity index (χ2n) is 7.32. The molecule has 0 saturated carbocycles. The molecule has 0 aliphatic carbocycles. The van der Waals surface area contributed by atoms with Crippen molar-refractivity contribution in [3.8, 4) is 0 Å². The highest BCUT2D eigenvalue weighted by atomic mass is 35.5. The molecule has 2 aromatic carbocycles. The number of rotatable bonds is 4. The van der Waals surface area contributed by atoms with Crippen molar-refractivity contribution in [1.29, 1.82) is 0 Å². The van der Waals surface area contributed by atoms with Gasteiger partial charge in [0.05, 0.1) is 22.7 Å². The minimum atomic E-state index is -0.469. The third kappa shape index (κ3) is 4.11. The number of carbonyl (C=O) groups excluding carboxylic acids is 2. The molecule has 2 heterocycles. The summed E-state index contributed by atoms with van der Waals surface area (Å²) >= 11 is 7.61. The van der Waals surface area contributed by atoms with E-state index in [1.807, 2.05) is 48.7 Å². The largest absolute Gasteiger partial charge is 0.324 e. The van der Waals surface area contributed by atoms with Gasteiger partial charge in [-0.25, -0.2) is 4.39 Å². The molecule has 1 aliphatic rings. The number of benzene rings is 2. The Hall–Kier alpha value is -2.70. The van der Waals surface area contributed by atoms with Crippen LogP contribution in [0.2, 0.25) is 5.02 Å². The predicted octanol–water partition coefficient (Wildman–Crippen LogP) is 5.97. The number of nitrogens with one attached hydrogen (secondary N) is 1. The van der Waals surface area contributed by atoms with Gasteiger partial charge in [-0.15, -0.1) is 11.3 Å². The number of thiophene rings is 1.